The van der Waals surface area contributed by atoms with Gasteiger partial charge in [0.1, 0.15) is 0 Å². The van der Waals surface area contributed by atoms with Crippen LogP contribution in [0, 0.1) is 36.4 Å². The summed E-state index contributed by atoms with van der Waals surface area (Å²) in [6.45, 7) is 0. The van der Waals surface area contributed by atoms with Crippen molar-refractivity contribution in [2.24, 2.45) is 21.1 Å². The number of rotatable bonds is 15. The fourth-order valence-corrected chi connectivity index (χ4v) is 23.0. The molecule has 138 heavy (non-hydrogen) atoms. The minimum absolute atomic E-state index is 0. The first-order valence-corrected chi connectivity index (χ1v) is 49.4. The number of fused-ring (bicyclic) bond motifs is 12. The van der Waals surface area contributed by atoms with Crippen LogP contribution in [0.4, 0.5) is 0 Å². The van der Waals surface area contributed by atoms with Crippen molar-refractivity contribution in [1.29, 1.82) is 0 Å². The van der Waals surface area contributed by atoms with Crippen molar-refractivity contribution in [2.75, 3.05) is 0 Å². The molecule has 0 amide bonds. The van der Waals surface area contributed by atoms with Crippen molar-refractivity contribution in [3.8, 4) is 148 Å². The summed E-state index contributed by atoms with van der Waals surface area (Å²) in [5.74, 6) is 2.66. The number of aryl methyl sites for hydroxylation is 3. The average molecular weight is 2420 g/mol. The Balaban J connectivity index is 0.000000118. The molecule has 0 saturated carbocycles. The number of pyridine rings is 3. The van der Waals surface area contributed by atoms with Crippen LogP contribution in [-0.2, 0) is 84.3 Å². The summed E-state index contributed by atoms with van der Waals surface area (Å²) >= 11 is 10.5. The average Bonchev–Trinajstić information content (AvgIpc) is 1.58. The molecule has 15 aromatic heterocycles. The molecule has 27 aromatic rings. The van der Waals surface area contributed by atoms with E-state index in [1.54, 1.807) is 68.0 Å². The van der Waals surface area contributed by atoms with E-state index < -0.39 is 0 Å². The smallest absolute Gasteiger partial charge is 0.367 e. The molecule has 0 saturated heterocycles. The second-order valence-corrected chi connectivity index (χ2v) is 38.7. The van der Waals surface area contributed by atoms with Crippen molar-refractivity contribution in [1.82, 2.24) is 57.3 Å². The van der Waals surface area contributed by atoms with E-state index in [1.165, 1.54) is 67.7 Å². The topological polar surface area (TPSA) is 107 Å². The van der Waals surface area contributed by atoms with Crippen molar-refractivity contribution in [3.63, 3.8) is 0 Å². The molecule has 0 aliphatic rings. The second-order valence-electron chi connectivity index (χ2n) is 33.0. The van der Waals surface area contributed by atoms with Gasteiger partial charge in [-0.2, -0.15) is 11.3 Å². The quantitative estimate of drug-likeness (QED) is 0.0947. The van der Waals surface area contributed by atoms with Gasteiger partial charge in [0.2, 0.25) is 0 Å². The normalized spacial score (nSPS) is 11.4. The maximum atomic E-state index is 5.13. The fraction of sp³-hybridized carbons (Fsp3) is 0.0256. The van der Waals surface area contributed by atoms with Gasteiger partial charge in [-0.05, 0) is 223 Å². The van der Waals surface area contributed by atoms with E-state index in [-0.39, 0.29) is 63.2 Å². The molecule has 27 rings (SSSR count). The molecule has 0 bridgehead atoms. The van der Waals surface area contributed by atoms with E-state index in [0.29, 0.717) is 0 Å². The summed E-state index contributed by atoms with van der Waals surface area (Å²) in [5, 5.41) is 19.7. The number of thiophene rings is 6. The Labute approximate surface area is 861 Å². The standard InChI is InChI=1S/3C39H24N4S2.3Pt/c1-42-34-11-5-3-9-32(34)41-39(42)26-15-17-29-28-8-2-4-10-33(28)43(35(29)23-26)36-22-25(14-18-30(36)38-13-7-21-45-38)31-19-16-27(24-40-31)37-12-6-20-44-37;1-42-36-23-27(38-11-6-20-45-38)13-16-33(36)41-39(42)28-12-15-30-31-22-26(37-10-5-19-44-37)14-17-34(31)43(35(30)24-28)29-8-4-7-25(21-29)32-9-2-3-18-40-32;1-42-35-17-14-27(38-11-6-20-45-38)23-33(35)41-39(42)28-12-15-30-31-22-26(37-10-5-19-44-37)13-16-34(31)43(36(30)24-28)29-8-4-7-25(21-29)32-9-2-3-18-40-32;;;/h2-21,24H,1H3;2*2-20,22-23H,1H3;;;/q3*-2;3*+2. The minimum Gasteiger partial charge on any atom is -0.367 e. The number of para-hydroxylation sites is 3. The molecular formula is C117H72N12Pt3S6. The van der Waals surface area contributed by atoms with Gasteiger partial charge in [0.05, 0.1) is 50.6 Å². The fourth-order valence-electron chi connectivity index (χ4n) is 18.6. The molecule has 0 N–H and O–H groups in total. The first-order valence-electron chi connectivity index (χ1n) is 44.1. The van der Waals surface area contributed by atoms with Crippen LogP contribution in [-0.4, -0.2) is 57.3 Å². The van der Waals surface area contributed by atoms with Gasteiger partial charge in [-0.3, -0.25) is 15.0 Å². The predicted molar refractivity (Wildman–Crippen MR) is 564 cm³/mol. The Morgan fingerprint density at radius 1 is 0.239 bits per heavy atom. The summed E-state index contributed by atoms with van der Waals surface area (Å²) in [4.78, 5) is 36.7. The van der Waals surface area contributed by atoms with Gasteiger partial charge >= 0.3 is 63.2 Å². The first-order chi connectivity index (χ1) is 66.6. The molecule has 0 fully saturated rings. The summed E-state index contributed by atoms with van der Waals surface area (Å²) in [5.41, 5.74) is 30.8. The summed E-state index contributed by atoms with van der Waals surface area (Å²) in [6, 6.07) is 138. The minimum atomic E-state index is 0. The van der Waals surface area contributed by atoms with Crippen LogP contribution in [0.3, 0.4) is 0 Å². The molecule has 0 radical (unpaired) electrons. The molecule has 0 unspecified atom stereocenters. The van der Waals surface area contributed by atoms with Crippen molar-refractivity contribution < 1.29 is 63.2 Å². The molecule has 0 aliphatic heterocycles. The Kier molecular flexibility index (Phi) is 24.6. The Morgan fingerprint density at radius 2 is 0.630 bits per heavy atom. The Bertz CT molecular complexity index is 8920. The molecular weight excluding hydrogens is 2350 g/mol. The van der Waals surface area contributed by atoms with Gasteiger partial charge in [-0.15, -0.1) is 211 Å². The largest absolute Gasteiger partial charge is 2.00 e. The molecule has 666 valence electrons. The van der Waals surface area contributed by atoms with Crippen molar-refractivity contribution >= 4 is 167 Å². The second kappa shape index (κ2) is 37.9. The number of benzene rings is 12. The maximum Gasteiger partial charge on any atom is 2.00 e. The zero-order valence-corrected chi connectivity index (χ0v) is 85.4. The third kappa shape index (κ3) is 16.3. The van der Waals surface area contributed by atoms with Gasteiger partial charge in [0, 0.05) is 86.2 Å². The molecule has 12 nitrogen and oxygen atoms in total. The van der Waals surface area contributed by atoms with E-state index >= 15 is 0 Å². The number of hydrogen-bond donors (Lipinski definition) is 0. The predicted octanol–water partition coefficient (Wildman–Crippen LogP) is 31.4. The first kappa shape index (κ1) is 89.4. The van der Waals surface area contributed by atoms with Gasteiger partial charge in [-0.1, -0.05) is 167 Å². The van der Waals surface area contributed by atoms with Crippen LogP contribution in [0.15, 0.2) is 378 Å². The van der Waals surface area contributed by atoms with Crippen LogP contribution >= 0.6 is 68.0 Å². The Hall–Kier alpha value is -13.8. The number of nitrogens with zero attached hydrogens (tertiary/aromatic N) is 12. The van der Waals surface area contributed by atoms with Crippen LogP contribution in [0.1, 0.15) is 0 Å². The number of imidazole rings is 3. The Morgan fingerprint density at radius 3 is 1.12 bits per heavy atom. The van der Waals surface area contributed by atoms with Crippen LogP contribution in [0.25, 0.3) is 246 Å². The van der Waals surface area contributed by atoms with Crippen molar-refractivity contribution in [3.05, 3.63) is 415 Å². The van der Waals surface area contributed by atoms with E-state index in [4.69, 9.17) is 19.9 Å². The molecule has 0 spiro atoms. The third-order valence-corrected chi connectivity index (χ3v) is 30.6. The van der Waals surface area contributed by atoms with E-state index in [9.17, 15) is 0 Å². The summed E-state index contributed by atoms with van der Waals surface area (Å²) < 4.78 is 13.4. The number of hydrogen-bond acceptors (Lipinski definition) is 12. The van der Waals surface area contributed by atoms with E-state index in [0.717, 1.165) is 178 Å². The molecule has 21 heteroatoms. The van der Waals surface area contributed by atoms with Gasteiger partial charge in [-0.25, -0.2) is 0 Å². The zero-order valence-electron chi connectivity index (χ0n) is 73.6. The molecule has 15 heterocycles. The van der Waals surface area contributed by atoms with Gasteiger partial charge < -0.3 is 42.4 Å². The number of aromatic nitrogens is 12. The third-order valence-electron chi connectivity index (χ3n) is 25.1. The zero-order chi connectivity index (χ0) is 89.7. The summed E-state index contributed by atoms with van der Waals surface area (Å²) in [6.07, 6.45) is 5.60. The van der Waals surface area contributed by atoms with Gasteiger partial charge in [0.15, 0.2) is 0 Å². The SMILES string of the molecule is Cn1c(-c2[c-]c3c(cc2)c2cc(-c4cccs4)ccc2n3-c2[c-]c(-c3ccccn3)ccc2)nc2cc(-c3cccs3)ccc21.Cn1c(-c2[c-]c3c(cc2)c2cc(-c4cccs4)ccc2n3-c2[c-]c(-c3ccccn3)ccc2)nc2ccc(-c3cccs3)cc21.Cn1c(-c2[c-]c3c(cc2)c2ccccc2n3-c2[c-]c(-c3ccc(-c4cccs4)cn3)ccc2-c2cccs2)nc2ccccc21.[Pt+2].[Pt+2].[Pt+2]. The van der Waals surface area contributed by atoms with Crippen LogP contribution in [0.5, 0.6) is 0 Å². The maximum absolute atomic E-state index is 5.13. The molecule has 12 aromatic carbocycles. The van der Waals surface area contributed by atoms with E-state index in [1.807, 2.05) is 61.1 Å². The van der Waals surface area contributed by atoms with Crippen LogP contribution < -0.4 is 0 Å². The molecule has 0 aliphatic carbocycles. The molecule has 0 atom stereocenters. The monoisotopic (exact) mass is 2420 g/mol. The summed E-state index contributed by atoms with van der Waals surface area (Å²) in [7, 11) is 6.25. The van der Waals surface area contributed by atoms with Crippen molar-refractivity contribution in [2.45, 2.75) is 0 Å². The van der Waals surface area contributed by atoms with Crippen LogP contribution in [0.2, 0.25) is 0 Å². The van der Waals surface area contributed by atoms with E-state index in [2.05, 4.69) is 412 Å². The van der Waals surface area contributed by atoms with Gasteiger partial charge in [0.25, 0.3) is 0 Å².